The molecule has 1 aromatic carbocycles. The number of benzene rings is 1. The summed E-state index contributed by atoms with van der Waals surface area (Å²) in [6.45, 7) is 1.95. The zero-order valence-corrected chi connectivity index (χ0v) is 18.6. The summed E-state index contributed by atoms with van der Waals surface area (Å²) in [5, 5.41) is 4.12. The molecule has 2 aromatic heterocycles. The van der Waals surface area contributed by atoms with Crippen LogP contribution in [0.1, 0.15) is 47.6 Å². The van der Waals surface area contributed by atoms with Gasteiger partial charge in [0.25, 0.3) is 17.6 Å². The van der Waals surface area contributed by atoms with Crippen molar-refractivity contribution in [3.8, 4) is 5.95 Å². The first-order chi connectivity index (χ1) is 16.1. The van der Waals surface area contributed by atoms with Crippen LogP contribution in [0, 0.1) is 5.92 Å². The van der Waals surface area contributed by atoms with Crippen LogP contribution in [0.15, 0.2) is 47.9 Å². The second-order valence-electron chi connectivity index (χ2n) is 7.78. The zero-order chi connectivity index (χ0) is 24.5. The lowest BCUT2D eigenvalue weighted by molar-refractivity contribution is -0.137. The average molecular weight is 498 g/mol. The number of alkyl halides is 5. The number of rotatable bonds is 8. The first kappa shape index (κ1) is 24.0. The number of carbonyl (C=O) groups excluding carboxylic acids is 1. The summed E-state index contributed by atoms with van der Waals surface area (Å²) in [7, 11) is 0. The molecule has 180 valence electrons. The molecule has 1 unspecified atom stereocenters. The molecule has 1 fully saturated rings. The van der Waals surface area contributed by atoms with Crippen molar-refractivity contribution in [1.82, 2.24) is 29.6 Å². The van der Waals surface area contributed by atoms with Crippen molar-refractivity contribution in [2.45, 2.75) is 42.6 Å². The van der Waals surface area contributed by atoms with Crippen molar-refractivity contribution in [3.63, 3.8) is 0 Å². The quantitative estimate of drug-likeness (QED) is 0.321. The smallest absolute Gasteiger partial charge is 0.328 e. The lowest BCUT2D eigenvalue weighted by Crippen LogP contribution is -2.37. The van der Waals surface area contributed by atoms with Crippen LogP contribution in [0.25, 0.3) is 5.95 Å². The van der Waals surface area contributed by atoms with E-state index >= 15 is 0 Å². The van der Waals surface area contributed by atoms with Gasteiger partial charge in [-0.25, -0.2) is 15.0 Å². The third-order valence-corrected chi connectivity index (χ3v) is 5.96. The highest BCUT2D eigenvalue weighted by Crippen LogP contribution is 2.37. The Hall–Kier alpha value is -3.09. The fourth-order valence-corrected chi connectivity index (χ4v) is 4.04. The van der Waals surface area contributed by atoms with Gasteiger partial charge in [-0.3, -0.25) is 4.79 Å². The molecule has 13 heteroatoms. The molecule has 1 aliphatic rings. The van der Waals surface area contributed by atoms with E-state index in [0.717, 1.165) is 18.9 Å². The summed E-state index contributed by atoms with van der Waals surface area (Å²) in [4.78, 5) is 27.0. The standard InChI is InChI=1S/C21H19F5N6OS/c1-12(17-29-11-30-32(17)20-27-5-2-6-28-20)31(10-13-3-4-13)18(33)14-7-15(21(24,25)26)9-16(8-14)34-19(22)23/h2,5-9,11-13,19H,3-4,10H2,1H3. The second-order valence-corrected chi connectivity index (χ2v) is 8.84. The van der Waals surface area contributed by atoms with Gasteiger partial charge >= 0.3 is 6.18 Å². The van der Waals surface area contributed by atoms with Crippen molar-refractivity contribution >= 4 is 17.7 Å². The molecule has 0 N–H and O–H groups in total. The van der Waals surface area contributed by atoms with E-state index in [-0.39, 0.29) is 40.6 Å². The molecule has 0 radical (unpaired) electrons. The lowest BCUT2D eigenvalue weighted by atomic mass is 10.1. The monoisotopic (exact) mass is 498 g/mol. The van der Waals surface area contributed by atoms with Gasteiger partial charge in [0.15, 0.2) is 5.82 Å². The fraction of sp³-hybridized carbons (Fsp3) is 0.381. The molecule has 34 heavy (non-hydrogen) atoms. The Labute approximate surface area is 195 Å². The van der Waals surface area contributed by atoms with E-state index in [1.807, 2.05) is 0 Å². The van der Waals surface area contributed by atoms with Crippen molar-refractivity contribution < 1.29 is 26.7 Å². The Morgan fingerprint density at radius 2 is 1.88 bits per heavy atom. The number of hydrogen-bond donors (Lipinski definition) is 0. The summed E-state index contributed by atoms with van der Waals surface area (Å²) in [5.41, 5.74) is -1.49. The van der Waals surface area contributed by atoms with Crippen LogP contribution in [0.3, 0.4) is 0 Å². The molecule has 0 spiro atoms. The molecular formula is C21H19F5N6OS. The molecule has 1 aliphatic carbocycles. The normalized spacial score (nSPS) is 14.9. The van der Waals surface area contributed by atoms with Gasteiger partial charge in [-0.2, -0.15) is 31.7 Å². The summed E-state index contributed by atoms with van der Waals surface area (Å²) >= 11 is -0.0429. The summed E-state index contributed by atoms with van der Waals surface area (Å²) < 4.78 is 67.4. The molecule has 1 saturated carbocycles. The number of carbonyl (C=O) groups is 1. The van der Waals surface area contributed by atoms with E-state index in [1.165, 1.54) is 28.3 Å². The van der Waals surface area contributed by atoms with Gasteiger partial charge < -0.3 is 4.90 Å². The Kier molecular flexibility index (Phi) is 6.82. The third-order valence-electron chi connectivity index (χ3n) is 5.28. The Morgan fingerprint density at radius 1 is 1.18 bits per heavy atom. The number of aromatic nitrogens is 5. The molecule has 0 aliphatic heterocycles. The van der Waals surface area contributed by atoms with Crippen LogP contribution in [0.2, 0.25) is 0 Å². The molecule has 1 amide bonds. The number of hydrogen-bond acceptors (Lipinski definition) is 6. The predicted molar refractivity (Wildman–Crippen MR) is 112 cm³/mol. The second kappa shape index (κ2) is 9.65. The zero-order valence-electron chi connectivity index (χ0n) is 17.8. The van der Waals surface area contributed by atoms with Gasteiger partial charge in [0.2, 0.25) is 0 Å². The van der Waals surface area contributed by atoms with Crippen LogP contribution in [-0.2, 0) is 6.18 Å². The Bertz CT molecular complexity index is 1150. The van der Waals surface area contributed by atoms with E-state index in [4.69, 9.17) is 0 Å². The predicted octanol–water partition coefficient (Wildman–Crippen LogP) is 5.00. The fourth-order valence-electron chi connectivity index (χ4n) is 3.45. The molecule has 0 bridgehead atoms. The third kappa shape index (κ3) is 5.51. The van der Waals surface area contributed by atoms with Crippen molar-refractivity contribution in [2.24, 2.45) is 5.92 Å². The van der Waals surface area contributed by atoms with Crippen LogP contribution in [0.4, 0.5) is 22.0 Å². The highest BCUT2D eigenvalue weighted by atomic mass is 32.2. The number of thioether (sulfide) groups is 1. The average Bonchev–Trinajstić information content (AvgIpc) is 3.48. The largest absolute Gasteiger partial charge is 0.416 e. The van der Waals surface area contributed by atoms with E-state index in [0.29, 0.717) is 18.0 Å². The molecule has 2 heterocycles. The maximum absolute atomic E-state index is 13.5. The van der Waals surface area contributed by atoms with Crippen LogP contribution in [0.5, 0.6) is 0 Å². The molecule has 4 rings (SSSR count). The van der Waals surface area contributed by atoms with Gasteiger partial charge in [0.05, 0.1) is 11.6 Å². The Balaban J connectivity index is 1.71. The first-order valence-electron chi connectivity index (χ1n) is 10.3. The minimum atomic E-state index is -4.80. The maximum Gasteiger partial charge on any atom is 0.416 e. The maximum atomic E-state index is 13.5. The summed E-state index contributed by atoms with van der Waals surface area (Å²) in [6, 6.07) is 3.28. The van der Waals surface area contributed by atoms with Gasteiger partial charge in [-0.15, -0.1) is 0 Å². The van der Waals surface area contributed by atoms with Gasteiger partial charge in [-0.05, 0) is 49.9 Å². The van der Waals surface area contributed by atoms with E-state index in [1.54, 1.807) is 13.0 Å². The van der Waals surface area contributed by atoms with Gasteiger partial charge in [0, 0.05) is 29.4 Å². The first-order valence-corrected chi connectivity index (χ1v) is 11.2. The highest BCUT2D eigenvalue weighted by molar-refractivity contribution is 7.99. The topological polar surface area (TPSA) is 76.8 Å². The van der Waals surface area contributed by atoms with Crippen LogP contribution >= 0.6 is 11.8 Å². The van der Waals surface area contributed by atoms with Crippen LogP contribution in [-0.4, -0.2) is 47.8 Å². The van der Waals surface area contributed by atoms with Crippen molar-refractivity contribution in [1.29, 1.82) is 0 Å². The van der Waals surface area contributed by atoms with Crippen LogP contribution < -0.4 is 0 Å². The van der Waals surface area contributed by atoms with Crippen molar-refractivity contribution in [3.05, 3.63) is 59.9 Å². The summed E-state index contributed by atoms with van der Waals surface area (Å²) in [5.74, 6) is -2.93. The number of halogens is 5. The number of nitrogens with zero attached hydrogens (tertiary/aromatic N) is 6. The molecule has 3 aromatic rings. The van der Waals surface area contributed by atoms with E-state index in [9.17, 15) is 26.7 Å². The molecule has 0 saturated heterocycles. The lowest BCUT2D eigenvalue weighted by Gasteiger charge is -2.29. The van der Waals surface area contributed by atoms with E-state index < -0.39 is 29.4 Å². The van der Waals surface area contributed by atoms with Crippen molar-refractivity contribution in [2.75, 3.05) is 6.54 Å². The van der Waals surface area contributed by atoms with Gasteiger partial charge in [-0.1, -0.05) is 11.8 Å². The minimum Gasteiger partial charge on any atom is -0.328 e. The Morgan fingerprint density at radius 3 is 2.50 bits per heavy atom. The van der Waals surface area contributed by atoms with Gasteiger partial charge in [0.1, 0.15) is 6.33 Å². The highest BCUT2D eigenvalue weighted by Gasteiger charge is 2.36. The molecule has 1 atom stereocenters. The SMILES string of the molecule is CC(c1ncnn1-c1ncccn1)N(CC1CC1)C(=O)c1cc(SC(F)F)cc(C(F)(F)F)c1. The summed E-state index contributed by atoms with van der Waals surface area (Å²) in [6.07, 6.45) is 1.24. The molecular weight excluding hydrogens is 479 g/mol. The number of amides is 1. The molecule has 7 nitrogen and oxygen atoms in total. The van der Waals surface area contributed by atoms with E-state index in [2.05, 4.69) is 20.1 Å². The minimum absolute atomic E-state index is 0.0429.